The lowest BCUT2D eigenvalue weighted by Gasteiger charge is -2.07. The van der Waals surface area contributed by atoms with Gasteiger partial charge in [0.05, 0.1) is 11.1 Å². The van der Waals surface area contributed by atoms with E-state index < -0.39 is 4.92 Å². The topological polar surface area (TPSA) is 89.7 Å². The molecule has 7 nitrogen and oxygen atoms in total. The average molecular weight is 383 g/mol. The van der Waals surface area contributed by atoms with Crippen LogP contribution in [0.1, 0.15) is 11.1 Å². The number of halogens is 1. The fraction of sp³-hybridized carbons (Fsp3) is 0.0526. The number of nitro groups is 1. The first-order valence-corrected chi connectivity index (χ1v) is 8.35. The molecular formula is C19H15ClN4O3. The van der Waals surface area contributed by atoms with Crippen LogP contribution in [-0.2, 0) is 6.61 Å². The van der Waals surface area contributed by atoms with Crippen LogP contribution in [0.5, 0.6) is 5.75 Å². The maximum Gasteiger partial charge on any atom is 0.287 e. The van der Waals surface area contributed by atoms with Gasteiger partial charge in [0.1, 0.15) is 24.4 Å². The van der Waals surface area contributed by atoms with Gasteiger partial charge in [0.25, 0.3) is 5.69 Å². The Balaban J connectivity index is 1.57. The van der Waals surface area contributed by atoms with Crippen molar-refractivity contribution in [3.8, 4) is 5.75 Å². The molecule has 0 saturated carbocycles. The molecule has 2 aromatic carbocycles. The number of ether oxygens (including phenoxy) is 1. The predicted molar refractivity (Wildman–Crippen MR) is 104 cm³/mol. The summed E-state index contributed by atoms with van der Waals surface area (Å²) in [7, 11) is 0. The van der Waals surface area contributed by atoms with Gasteiger partial charge in [0.2, 0.25) is 0 Å². The van der Waals surface area contributed by atoms with Gasteiger partial charge in [-0.25, -0.2) is 4.98 Å². The summed E-state index contributed by atoms with van der Waals surface area (Å²) in [5, 5.41) is 15.4. The minimum absolute atomic E-state index is 0.0740. The van der Waals surface area contributed by atoms with E-state index in [9.17, 15) is 10.1 Å². The Hall–Kier alpha value is -3.45. The highest BCUT2D eigenvalue weighted by atomic mass is 35.5. The maximum atomic E-state index is 10.6. The molecule has 136 valence electrons. The molecule has 0 unspecified atom stereocenters. The van der Waals surface area contributed by atoms with E-state index in [1.807, 2.05) is 48.5 Å². The van der Waals surface area contributed by atoms with Crippen LogP contribution in [0.25, 0.3) is 0 Å². The Bertz CT molecular complexity index is 944. The van der Waals surface area contributed by atoms with Gasteiger partial charge in [0.15, 0.2) is 0 Å². The number of hydrogen-bond acceptors (Lipinski definition) is 6. The van der Waals surface area contributed by atoms with E-state index in [0.29, 0.717) is 23.2 Å². The van der Waals surface area contributed by atoms with Crippen molar-refractivity contribution in [2.75, 3.05) is 5.43 Å². The third kappa shape index (κ3) is 5.52. The van der Waals surface area contributed by atoms with E-state index in [2.05, 4.69) is 15.5 Å². The van der Waals surface area contributed by atoms with Gasteiger partial charge in [-0.2, -0.15) is 5.10 Å². The van der Waals surface area contributed by atoms with Gasteiger partial charge in [-0.05, 0) is 41.5 Å². The first-order valence-electron chi connectivity index (χ1n) is 7.97. The van der Waals surface area contributed by atoms with E-state index in [-0.39, 0.29) is 5.69 Å². The quantitative estimate of drug-likeness (QED) is 0.364. The largest absolute Gasteiger partial charge is 0.489 e. The first-order chi connectivity index (χ1) is 13.1. The highest BCUT2D eigenvalue weighted by Gasteiger charge is 2.04. The van der Waals surface area contributed by atoms with Crippen LogP contribution >= 0.6 is 11.6 Å². The molecule has 1 aromatic heterocycles. The molecular weight excluding hydrogens is 368 g/mol. The van der Waals surface area contributed by atoms with E-state index in [4.69, 9.17) is 16.3 Å². The summed E-state index contributed by atoms with van der Waals surface area (Å²) in [6, 6.07) is 17.8. The van der Waals surface area contributed by atoms with Crippen molar-refractivity contribution in [3.05, 3.63) is 93.1 Å². The van der Waals surface area contributed by atoms with Gasteiger partial charge >= 0.3 is 0 Å². The second-order valence-corrected chi connectivity index (χ2v) is 5.95. The second kappa shape index (κ2) is 8.77. The number of nitrogens with one attached hydrogen (secondary N) is 1. The Morgan fingerprint density at radius 2 is 2.00 bits per heavy atom. The fourth-order valence-electron chi connectivity index (χ4n) is 2.17. The van der Waals surface area contributed by atoms with Crippen molar-refractivity contribution >= 4 is 29.3 Å². The number of benzene rings is 2. The molecule has 3 aromatic rings. The van der Waals surface area contributed by atoms with Crippen molar-refractivity contribution < 1.29 is 9.66 Å². The molecule has 0 fully saturated rings. The highest BCUT2D eigenvalue weighted by Crippen LogP contribution is 2.16. The highest BCUT2D eigenvalue weighted by molar-refractivity contribution is 6.30. The normalized spacial score (nSPS) is 10.7. The lowest BCUT2D eigenvalue weighted by molar-refractivity contribution is -0.385. The van der Waals surface area contributed by atoms with Crippen molar-refractivity contribution in [2.24, 2.45) is 5.10 Å². The zero-order valence-electron chi connectivity index (χ0n) is 14.1. The summed E-state index contributed by atoms with van der Waals surface area (Å²) in [6.45, 7) is 0.433. The van der Waals surface area contributed by atoms with Gasteiger partial charge in [-0.15, -0.1) is 0 Å². The minimum atomic E-state index is -0.504. The van der Waals surface area contributed by atoms with Gasteiger partial charge in [-0.3, -0.25) is 15.5 Å². The van der Waals surface area contributed by atoms with Crippen LogP contribution in [0.15, 0.2) is 72.0 Å². The van der Waals surface area contributed by atoms with E-state index in [1.165, 1.54) is 18.3 Å². The molecule has 0 amide bonds. The summed E-state index contributed by atoms with van der Waals surface area (Å²) < 4.78 is 5.77. The molecule has 0 spiro atoms. The van der Waals surface area contributed by atoms with Crippen molar-refractivity contribution in [1.82, 2.24) is 4.98 Å². The molecule has 0 saturated heterocycles. The Labute approximate surface area is 160 Å². The van der Waals surface area contributed by atoms with Crippen molar-refractivity contribution in [1.29, 1.82) is 0 Å². The monoisotopic (exact) mass is 382 g/mol. The number of anilines is 1. The molecule has 0 aliphatic heterocycles. The van der Waals surface area contributed by atoms with Crippen molar-refractivity contribution in [2.45, 2.75) is 6.61 Å². The second-order valence-electron chi connectivity index (χ2n) is 5.52. The van der Waals surface area contributed by atoms with Crippen LogP contribution < -0.4 is 10.2 Å². The lowest BCUT2D eigenvalue weighted by atomic mass is 10.2. The minimum Gasteiger partial charge on any atom is -0.489 e. The van der Waals surface area contributed by atoms with Crippen LogP contribution in [0, 0.1) is 10.1 Å². The van der Waals surface area contributed by atoms with E-state index in [1.54, 1.807) is 6.21 Å². The third-order valence-corrected chi connectivity index (χ3v) is 3.78. The van der Waals surface area contributed by atoms with E-state index in [0.717, 1.165) is 11.1 Å². The predicted octanol–water partition coefficient (Wildman–Crippen LogP) is 4.67. The number of hydrazone groups is 1. The van der Waals surface area contributed by atoms with Crippen molar-refractivity contribution in [3.63, 3.8) is 0 Å². The maximum absolute atomic E-state index is 10.6. The van der Waals surface area contributed by atoms with Gasteiger partial charge in [-0.1, -0.05) is 35.9 Å². The third-order valence-electron chi connectivity index (χ3n) is 3.53. The molecule has 3 rings (SSSR count). The molecule has 0 aliphatic rings. The summed E-state index contributed by atoms with van der Waals surface area (Å²) >= 11 is 5.87. The Kier molecular flexibility index (Phi) is 5.96. The average Bonchev–Trinajstić information content (AvgIpc) is 2.68. The number of pyridine rings is 1. The molecule has 1 heterocycles. The van der Waals surface area contributed by atoms with Crippen LogP contribution in [0.4, 0.5) is 11.5 Å². The van der Waals surface area contributed by atoms with E-state index >= 15 is 0 Å². The SMILES string of the molecule is O=[N+]([O-])c1ccc(N/N=C\c2cccc(OCc3ccc(Cl)cc3)c2)nc1. The molecule has 1 N–H and O–H groups in total. The number of aromatic nitrogens is 1. The molecule has 0 radical (unpaired) electrons. The summed E-state index contributed by atoms with van der Waals surface area (Å²) in [6.07, 6.45) is 2.78. The smallest absolute Gasteiger partial charge is 0.287 e. The molecule has 0 atom stereocenters. The van der Waals surface area contributed by atoms with Crippen LogP contribution in [0.3, 0.4) is 0 Å². The summed E-state index contributed by atoms with van der Waals surface area (Å²) in [5.74, 6) is 1.12. The standard InChI is InChI=1S/C19H15ClN4O3/c20-16-6-4-14(5-7-16)13-27-18-3-1-2-15(10-18)11-22-23-19-9-8-17(12-21-19)24(25)26/h1-12H,13H2,(H,21,23)/b22-11-. The molecule has 27 heavy (non-hydrogen) atoms. The van der Waals surface area contributed by atoms with Crippen LogP contribution in [0.2, 0.25) is 5.02 Å². The Morgan fingerprint density at radius 1 is 1.19 bits per heavy atom. The zero-order valence-corrected chi connectivity index (χ0v) is 14.8. The summed E-state index contributed by atoms with van der Waals surface area (Å²) in [5.41, 5.74) is 4.50. The number of hydrogen-bond donors (Lipinski definition) is 1. The lowest BCUT2D eigenvalue weighted by Crippen LogP contribution is -1.97. The number of nitrogens with zero attached hydrogens (tertiary/aromatic N) is 3. The first kappa shape index (κ1) is 18.3. The van der Waals surface area contributed by atoms with Gasteiger partial charge < -0.3 is 4.74 Å². The zero-order chi connectivity index (χ0) is 19.1. The number of rotatable bonds is 7. The van der Waals surface area contributed by atoms with Gasteiger partial charge in [0, 0.05) is 11.1 Å². The molecule has 8 heteroatoms. The Morgan fingerprint density at radius 3 is 2.70 bits per heavy atom. The fourth-order valence-corrected chi connectivity index (χ4v) is 2.29. The summed E-state index contributed by atoms with van der Waals surface area (Å²) in [4.78, 5) is 14.0. The molecule has 0 bridgehead atoms. The van der Waals surface area contributed by atoms with Crippen LogP contribution in [-0.4, -0.2) is 16.1 Å². The molecule has 0 aliphatic carbocycles.